The van der Waals surface area contributed by atoms with Crippen molar-refractivity contribution >= 4 is 11.9 Å². The molecule has 0 fully saturated rings. The lowest BCUT2D eigenvalue weighted by Crippen LogP contribution is -2.37. The maximum atomic E-state index is 12.3. The molecular weight excluding hydrogens is 392 g/mol. The SMILES string of the molecule is CCOc1ccc(C(C)NC(=O)CCCN=C(N)NC2CCOc3ccccc32)cc1. The summed E-state index contributed by atoms with van der Waals surface area (Å²) >= 11 is 0. The lowest BCUT2D eigenvalue weighted by atomic mass is 10.0. The number of guanidine groups is 1. The van der Waals surface area contributed by atoms with Crippen LogP contribution in [-0.2, 0) is 4.79 Å². The third-order valence-corrected chi connectivity index (χ3v) is 5.19. The van der Waals surface area contributed by atoms with Crippen molar-refractivity contribution in [3.8, 4) is 11.5 Å². The first-order valence-corrected chi connectivity index (χ1v) is 10.9. The van der Waals surface area contributed by atoms with Crippen molar-refractivity contribution in [2.75, 3.05) is 19.8 Å². The summed E-state index contributed by atoms with van der Waals surface area (Å²) in [4.78, 5) is 16.6. The number of carbonyl (C=O) groups excluding carboxylic acids is 1. The van der Waals surface area contributed by atoms with Gasteiger partial charge in [0.1, 0.15) is 11.5 Å². The fourth-order valence-corrected chi connectivity index (χ4v) is 3.57. The number of ether oxygens (including phenoxy) is 2. The highest BCUT2D eigenvalue weighted by atomic mass is 16.5. The van der Waals surface area contributed by atoms with Crippen LogP contribution < -0.4 is 25.8 Å². The quantitative estimate of drug-likeness (QED) is 0.325. The van der Waals surface area contributed by atoms with Crippen molar-refractivity contribution < 1.29 is 14.3 Å². The summed E-state index contributed by atoms with van der Waals surface area (Å²) in [6.07, 6.45) is 1.87. The minimum absolute atomic E-state index is 0.00136. The molecule has 3 rings (SSSR count). The molecule has 2 unspecified atom stereocenters. The molecule has 0 aromatic heterocycles. The van der Waals surface area contributed by atoms with Crippen molar-refractivity contribution in [1.82, 2.24) is 10.6 Å². The Hall–Kier alpha value is -3.22. The van der Waals surface area contributed by atoms with Gasteiger partial charge in [-0.1, -0.05) is 30.3 Å². The number of nitrogens with zero attached hydrogens (tertiary/aromatic N) is 1. The number of aliphatic imine (C=N–C) groups is 1. The van der Waals surface area contributed by atoms with Gasteiger partial charge in [0.25, 0.3) is 0 Å². The third-order valence-electron chi connectivity index (χ3n) is 5.19. The normalized spacial score (nSPS) is 16.6. The van der Waals surface area contributed by atoms with Gasteiger partial charge in [-0.15, -0.1) is 0 Å². The van der Waals surface area contributed by atoms with Gasteiger partial charge in [0.2, 0.25) is 5.91 Å². The van der Waals surface area contributed by atoms with Crippen LogP contribution in [0.5, 0.6) is 11.5 Å². The summed E-state index contributed by atoms with van der Waals surface area (Å²) in [6, 6.07) is 15.8. The molecule has 4 N–H and O–H groups in total. The van der Waals surface area contributed by atoms with E-state index in [0.29, 0.717) is 38.6 Å². The number of carbonyl (C=O) groups is 1. The molecule has 1 aliphatic rings. The zero-order valence-corrected chi connectivity index (χ0v) is 18.3. The second-order valence-electron chi connectivity index (χ2n) is 7.53. The summed E-state index contributed by atoms with van der Waals surface area (Å²) < 4.78 is 11.1. The zero-order chi connectivity index (χ0) is 22.1. The van der Waals surface area contributed by atoms with Crippen LogP contribution in [0.4, 0.5) is 0 Å². The fourth-order valence-electron chi connectivity index (χ4n) is 3.57. The molecule has 0 radical (unpaired) electrons. The van der Waals surface area contributed by atoms with E-state index < -0.39 is 0 Å². The van der Waals surface area contributed by atoms with Crippen LogP contribution in [-0.4, -0.2) is 31.6 Å². The summed E-state index contributed by atoms with van der Waals surface area (Å²) in [5.41, 5.74) is 8.19. The fraction of sp³-hybridized carbons (Fsp3) is 0.417. The molecule has 7 heteroatoms. The molecule has 1 aliphatic heterocycles. The van der Waals surface area contributed by atoms with Gasteiger partial charge in [0.15, 0.2) is 5.96 Å². The first kappa shape index (κ1) is 22.5. The predicted molar refractivity (Wildman–Crippen MR) is 122 cm³/mol. The van der Waals surface area contributed by atoms with Crippen LogP contribution in [0.2, 0.25) is 0 Å². The molecule has 31 heavy (non-hydrogen) atoms. The van der Waals surface area contributed by atoms with E-state index in [1.165, 1.54) is 0 Å². The van der Waals surface area contributed by atoms with Crippen LogP contribution >= 0.6 is 0 Å². The maximum Gasteiger partial charge on any atom is 0.220 e. The Labute approximate surface area is 184 Å². The van der Waals surface area contributed by atoms with Crippen molar-refractivity contribution in [3.05, 3.63) is 59.7 Å². The Morgan fingerprint density at radius 1 is 1.26 bits per heavy atom. The third kappa shape index (κ3) is 6.64. The number of fused-ring (bicyclic) bond motifs is 1. The van der Waals surface area contributed by atoms with E-state index in [0.717, 1.165) is 29.0 Å². The highest BCUT2D eigenvalue weighted by Gasteiger charge is 2.21. The smallest absolute Gasteiger partial charge is 0.220 e. The van der Waals surface area contributed by atoms with Crippen molar-refractivity contribution in [1.29, 1.82) is 0 Å². The van der Waals surface area contributed by atoms with Gasteiger partial charge in [0.05, 0.1) is 25.3 Å². The van der Waals surface area contributed by atoms with Gasteiger partial charge >= 0.3 is 0 Å². The molecule has 2 aromatic carbocycles. The van der Waals surface area contributed by atoms with Gasteiger partial charge in [-0.05, 0) is 44.0 Å². The highest BCUT2D eigenvalue weighted by Crippen LogP contribution is 2.31. The number of rotatable bonds is 9. The molecule has 7 nitrogen and oxygen atoms in total. The minimum atomic E-state index is -0.0630. The Bertz CT molecular complexity index is 883. The van der Waals surface area contributed by atoms with Gasteiger partial charge in [-0.25, -0.2) is 0 Å². The molecule has 2 atom stereocenters. The number of benzene rings is 2. The van der Waals surface area contributed by atoms with Gasteiger partial charge < -0.3 is 25.8 Å². The molecule has 0 aliphatic carbocycles. The van der Waals surface area contributed by atoms with Crippen molar-refractivity contribution in [3.63, 3.8) is 0 Å². The molecule has 1 amide bonds. The first-order chi connectivity index (χ1) is 15.1. The molecule has 0 bridgehead atoms. The van der Waals surface area contributed by atoms with Crippen LogP contribution in [0.3, 0.4) is 0 Å². The Morgan fingerprint density at radius 2 is 2.03 bits per heavy atom. The zero-order valence-electron chi connectivity index (χ0n) is 18.3. The van der Waals surface area contributed by atoms with Crippen LogP contribution in [0.1, 0.15) is 56.3 Å². The van der Waals surface area contributed by atoms with Gasteiger partial charge in [0, 0.05) is 24.9 Å². The maximum absolute atomic E-state index is 12.3. The first-order valence-electron chi connectivity index (χ1n) is 10.9. The highest BCUT2D eigenvalue weighted by molar-refractivity contribution is 5.79. The van der Waals surface area contributed by atoms with Crippen molar-refractivity contribution in [2.45, 2.75) is 45.2 Å². The molecular formula is C24H32N4O3. The van der Waals surface area contributed by atoms with Gasteiger partial charge in [-0.3, -0.25) is 9.79 Å². The summed E-state index contributed by atoms with van der Waals surface area (Å²) in [5, 5.41) is 6.29. The van der Waals surface area contributed by atoms with Crippen LogP contribution in [0.15, 0.2) is 53.5 Å². The Balaban J connectivity index is 1.39. The second-order valence-corrected chi connectivity index (χ2v) is 7.53. The molecule has 0 saturated heterocycles. The summed E-state index contributed by atoms with van der Waals surface area (Å²) in [7, 11) is 0. The van der Waals surface area contributed by atoms with Gasteiger partial charge in [-0.2, -0.15) is 0 Å². The molecule has 166 valence electrons. The minimum Gasteiger partial charge on any atom is -0.494 e. The largest absolute Gasteiger partial charge is 0.494 e. The lowest BCUT2D eigenvalue weighted by Gasteiger charge is -2.26. The van der Waals surface area contributed by atoms with Crippen LogP contribution in [0, 0.1) is 0 Å². The second kappa shape index (κ2) is 11.2. The van der Waals surface area contributed by atoms with E-state index in [9.17, 15) is 4.79 Å². The monoisotopic (exact) mass is 424 g/mol. The average molecular weight is 425 g/mol. The van der Waals surface area contributed by atoms with Crippen molar-refractivity contribution in [2.24, 2.45) is 10.7 Å². The van der Waals surface area contributed by atoms with E-state index in [4.69, 9.17) is 15.2 Å². The number of para-hydroxylation sites is 1. The average Bonchev–Trinajstić information content (AvgIpc) is 2.78. The number of hydrogen-bond donors (Lipinski definition) is 3. The van der Waals surface area contributed by atoms with Crippen LogP contribution in [0.25, 0.3) is 0 Å². The lowest BCUT2D eigenvalue weighted by molar-refractivity contribution is -0.121. The summed E-state index contributed by atoms with van der Waals surface area (Å²) in [5.74, 6) is 2.11. The summed E-state index contributed by atoms with van der Waals surface area (Å²) in [6.45, 7) is 5.70. The van der Waals surface area contributed by atoms with E-state index in [1.54, 1.807) is 0 Å². The molecule has 0 spiro atoms. The molecule has 1 heterocycles. The number of nitrogens with one attached hydrogen (secondary N) is 2. The van der Waals surface area contributed by atoms with E-state index in [-0.39, 0.29) is 18.0 Å². The topological polar surface area (TPSA) is 98.0 Å². The number of nitrogens with two attached hydrogens (primary N) is 1. The van der Waals surface area contributed by atoms with E-state index in [1.807, 2.05) is 62.4 Å². The Kier molecular flexibility index (Phi) is 8.15. The standard InChI is InChI=1S/C24H32N4O3/c1-3-30-19-12-10-18(11-13-19)17(2)27-23(29)9-6-15-26-24(25)28-21-14-16-31-22-8-5-4-7-20(21)22/h4-5,7-8,10-13,17,21H,3,6,9,14-16H2,1-2H3,(H,27,29)(H3,25,26,28). The predicted octanol–water partition coefficient (Wildman–Crippen LogP) is 3.47. The Morgan fingerprint density at radius 3 is 2.81 bits per heavy atom. The molecule has 2 aromatic rings. The molecule has 0 saturated carbocycles. The number of hydrogen-bond acceptors (Lipinski definition) is 4. The number of amides is 1. The van der Waals surface area contributed by atoms with E-state index >= 15 is 0 Å². The van der Waals surface area contributed by atoms with E-state index in [2.05, 4.69) is 15.6 Å².